The summed E-state index contributed by atoms with van der Waals surface area (Å²) >= 11 is 1.16. The molecule has 0 bridgehead atoms. The highest BCUT2D eigenvalue weighted by atomic mass is 32.1. The Hall–Kier alpha value is -5.88. The van der Waals surface area contributed by atoms with Crippen LogP contribution < -0.4 is 24.4 Å². The molecule has 5 aromatic rings. The number of nitro groups is 1. The van der Waals surface area contributed by atoms with Gasteiger partial charge in [0, 0.05) is 17.7 Å². The van der Waals surface area contributed by atoms with E-state index in [1.165, 1.54) is 35.9 Å². The van der Waals surface area contributed by atoms with Crippen molar-refractivity contribution in [1.29, 1.82) is 0 Å². The van der Waals surface area contributed by atoms with Crippen molar-refractivity contribution in [2.45, 2.75) is 19.6 Å². The minimum Gasteiger partial charge on any atom is -0.493 e. The van der Waals surface area contributed by atoms with Crippen molar-refractivity contribution < 1.29 is 28.3 Å². The van der Waals surface area contributed by atoms with Crippen LogP contribution in [0.1, 0.15) is 35.2 Å². The first kappa shape index (κ1) is 32.1. The predicted molar refractivity (Wildman–Crippen MR) is 178 cm³/mol. The van der Waals surface area contributed by atoms with E-state index >= 15 is 0 Å². The number of nitro benzene ring substituents is 1. The van der Waals surface area contributed by atoms with Gasteiger partial charge in [-0.05, 0) is 66.1 Å². The summed E-state index contributed by atoms with van der Waals surface area (Å²) in [6.45, 7) is 1.96. The molecule has 48 heavy (non-hydrogen) atoms. The van der Waals surface area contributed by atoms with Crippen molar-refractivity contribution >= 4 is 34.8 Å². The molecule has 1 aliphatic heterocycles. The maximum Gasteiger partial charge on any atom is 0.338 e. The number of benzene rings is 4. The standard InChI is InChI=1S/C36H28FN3O7S/c1-3-46-35(42)31-32(24-7-5-4-6-8-24)38-36-39(33(31)25-12-14-26(37)15-13-25)34(41)30(48-36)20-23-11-18-28(29(19-23)45-2)47-21-22-9-16-27(17-10-22)40(43)44/h4-20,33H,3,21H2,1-2H3/b30-20-/t33-/m0/s1. The van der Waals surface area contributed by atoms with Crippen LogP contribution in [0.3, 0.4) is 0 Å². The van der Waals surface area contributed by atoms with Crippen LogP contribution in [-0.2, 0) is 16.1 Å². The Bertz CT molecular complexity index is 2210. The Kier molecular flexibility index (Phi) is 9.26. The largest absolute Gasteiger partial charge is 0.493 e. The first-order valence-corrected chi connectivity index (χ1v) is 15.7. The van der Waals surface area contributed by atoms with Crippen LogP contribution in [0.5, 0.6) is 11.5 Å². The second-order valence-corrected chi connectivity index (χ2v) is 11.6. The van der Waals surface area contributed by atoms with Gasteiger partial charge < -0.3 is 14.2 Å². The van der Waals surface area contributed by atoms with Crippen LogP contribution in [0.15, 0.2) is 112 Å². The average Bonchev–Trinajstić information content (AvgIpc) is 3.41. The second kappa shape index (κ2) is 13.9. The third kappa shape index (κ3) is 6.51. The zero-order chi connectivity index (χ0) is 33.8. The first-order valence-electron chi connectivity index (χ1n) is 14.9. The van der Waals surface area contributed by atoms with Crippen molar-refractivity contribution in [3.8, 4) is 11.5 Å². The van der Waals surface area contributed by atoms with Crippen molar-refractivity contribution in [2.75, 3.05) is 13.7 Å². The number of methoxy groups -OCH3 is 1. The molecule has 2 heterocycles. The first-order chi connectivity index (χ1) is 23.3. The molecule has 1 atom stereocenters. The number of aromatic nitrogens is 1. The summed E-state index contributed by atoms with van der Waals surface area (Å²) in [6, 6.07) is 25.2. The minimum absolute atomic E-state index is 0.0108. The van der Waals surface area contributed by atoms with E-state index < -0.39 is 22.8 Å². The Balaban J connectivity index is 1.42. The average molecular weight is 666 g/mol. The van der Waals surface area contributed by atoms with Gasteiger partial charge >= 0.3 is 5.97 Å². The molecule has 0 aliphatic carbocycles. The van der Waals surface area contributed by atoms with Gasteiger partial charge in [0.05, 0.1) is 40.5 Å². The number of non-ortho nitro benzene ring substituents is 1. The molecule has 0 unspecified atom stereocenters. The molecule has 10 nitrogen and oxygen atoms in total. The predicted octanol–water partition coefficient (Wildman–Crippen LogP) is 5.57. The summed E-state index contributed by atoms with van der Waals surface area (Å²) in [7, 11) is 1.50. The summed E-state index contributed by atoms with van der Waals surface area (Å²) in [4.78, 5) is 43.3. The van der Waals surface area contributed by atoms with Gasteiger partial charge in [0.1, 0.15) is 12.4 Å². The molecule has 1 aromatic heterocycles. The molecule has 0 radical (unpaired) electrons. The number of thiazole rings is 1. The van der Waals surface area contributed by atoms with E-state index in [2.05, 4.69) is 0 Å². The highest BCUT2D eigenvalue weighted by Crippen LogP contribution is 2.35. The summed E-state index contributed by atoms with van der Waals surface area (Å²) < 4.78 is 32.8. The maximum absolute atomic E-state index is 14.1. The number of hydrogen-bond donors (Lipinski definition) is 0. The van der Waals surface area contributed by atoms with E-state index in [0.717, 1.165) is 16.9 Å². The lowest BCUT2D eigenvalue weighted by molar-refractivity contribution is -0.384. The molecule has 0 N–H and O–H groups in total. The Morgan fingerprint density at radius 2 is 1.75 bits per heavy atom. The molecule has 0 spiro atoms. The topological polar surface area (TPSA) is 122 Å². The highest BCUT2D eigenvalue weighted by molar-refractivity contribution is 7.07. The summed E-state index contributed by atoms with van der Waals surface area (Å²) in [5, 5.41) is 10.9. The van der Waals surface area contributed by atoms with E-state index in [1.54, 1.807) is 55.5 Å². The molecular weight excluding hydrogens is 637 g/mol. The van der Waals surface area contributed by atoms with E-state index in [9.17, 15) is 24.1 Å². The van der Waals surface area contributed by atoms with Gasteiger partial charge in [0.15, 0.2) is 16.3 Å². The molecule has 242 valence electrons. The maximum atomic E-state index is 14.1. The van der Waals surface area contributed by atoms with Crippen LogP contribution in [0.25, 0.3) is 11.8 Å². The lowest BCUT2D eigenvalue weighted by atomic mass is 9.93. The number of carbonyl (C=O) groups excluding carboxylic acids is 1. The fourth-order valence-corrected chi connectivity index (χ4v) is 6.32. The number of carbonyl (C=O) groups is 1. The molecular formula is C36H28FN3O7S. The van der Waals surface area contributed by atoms with Gasteiger partial charge in [-0.3, -0.25) is 19.5 Å². The van der Waals surface area contributed by atoms with E-state index in [0.29, 0.717) is 43.2 Å². The molecule has 1 aliphatic rings. The van der Waals surface area contributed by atoms with Crippen LogP contribution in [0.2, 0.25) is 0 Å². The molecule has 0 saturated carbocycles. The summed E-state index contributed by atoms with van der Waals surface area (Å²) in [5.74, 6) is -0.223. The molecule has 6 rings (SSSR count). The van der Waals surface area contributed by atoms with Gasteiger partial charge in [0.2, 0.25) is 0 Å². The molecule has 4 aromatic carbocycles. The van der Waals surface area contributed by atoms with Gasteiger partial charge in [-0.25, -0.2) is 14.2 Å². The number of halogens is 1. The fourth-order valence-electron chi connectivity index (χ4n) is 5.32. The van der Waals surface area contributed by atoms with Crippen molar-refractivity contribution in [2.24, 2.45) is 4.99 Å². The van der Waals surface area contributed by atoms with Crippen LogP contribution >= 0.6 is 11.3 Å². The number of esters is 1. The van der Waals surface area contributed by atoms with Crippen molar-refractivity contribution in [3.05, 3.63) is 161 Å². The number of fused-ring (bicyclic) bond motifs is 1. The van der Waals surface area contributed by atoms with E-state index in [4.69, 9.17) is 19.2 Å². The van der Waals surface area contributed by atoms with Gasteiger partial charge in [-0.2, -0.15) is 0 Å². The van der Waals surface area contributed by atoms with Gasteiger partial charge in [-0.1, -0.05) is 59.9 Å². The zero-order valence-corrected chi connectivity index (χ0v) is 26.6. The van der Waals surface area contributed by atoms with Gasteiger partial charge in [0.25, 0.3) is 11.2 Å². The Labute approximate surface area is 277 Å². The Morgan fingerprint density at radius 1 is 1.02 bits per heavy atom. The molecule has 0 saturated heterocycles. The molecule has 12 heteroatoms. The lowest BCUT2D eigenvalue weighted by Crippen LogP contribution is -2.40. The smallest absolute Gasteiger partial charge is 0.338 e. The van der Waals surface area contributed by atoms with Gasteiger partial charge in [-0.15, -0.1) is 0 Å². The number of hydrogen-bond acceptors (Lipinski definition) is 9. The molecule has 0 fully saturated rings. The van der Waals surface area contributed by atoms with Crippen LogP contribution in [0.4, 0.5) is 10.1 Å². The van der Waals surface area contributed by atoms with Crippen LogP contribution in [0, 0.1) is 15.9 Å². The molecule has 0 amide bonds. The van der Waals surface area contributed by atoms with Crippen molar-refractivity contribution in [1.82, 2.24) is 4.57 Å². The SMILES string of the molecule is CCOC(=O)C1=C(c2ccccc2)N=c2s/c(=C\c3ccc(OCc4ccc([N+](=O)[O-])cc4)c(OC)c3)c(=O)n2[C@H]1c1ccc(F)cc1. The lowest BCUT2D eigenvalue weighted by Gasteiger charge is -2.25. The number of nitrogens with zero attached hydrogens (tertiary/aromatic N) is 3. The minimum atomic E-state index is -0.928. The zero-order valence-electron chi connectivity index (χ0n) is 25.8. The normalized spacial score (nSPS) is 14.2. The third-order valence-electron chi connectivity index (χ3n) is 7.59. The van der Waals surface area contributed by atoms with Crippen LogP contribution in [-0.4, -0.2) is 29.2 Å². The summed E-state index contributed by atoms with van der Waals surface area (Å²) in [5.41, 5.74) is 2.71. The van der Waals surface area contributed by atoms with E-state index in [-0.39, 0.29) is 30.0 Å². The second-order valence-electron chi connectivity index (χ2n) is 10.6. The number of rotatable bonds is 10. The highest BCUT2D eigenvalue weighted by Gasteiger charge is 2.35. The van der Waals surface area contributed by atoms with E-state index in [1.807, 2.05) is 30.3 Å². The quantitative estimate of drug-likeness (QED) is 0.109. The fraction of sp³-hybridized carbons (Fsp3) is 0.139. The number of ether oxygens (including phenoxy) is 3. The summed E-state index contributed by atoms with van der Waals surface area (Å²) in [6.07, 6.45) is 1.70. The van der Waals surface area contributed by atoms with Crippen molar-refractivity contribution in [3.63, 3.8) is 0 Å². The Morgan fingerprint density at radius 3 is 2.42 bits per heavy atom. The third-order valence-corrected chi connectivity index (χ3v) is 8.57. The monoisotopic (exact) mass is 665 g/mol.